The van der Waals surface area contributed by atoms with Gasteiger partial charge in [0, 0.05) is 10.6 Å². The van der Waals surface area contributed by atoms with Crippen LogP contribution in [-0.2, 0) is 0 Å². The molecule has 0 aliphatic rings. The fourth-order valence-electron chi connectivity index (χ4n) is 1.67. The first kappa shape index (κ1) is 14.5. The summed E-state index contributed by atoms with van der Waals surface area (Å²) in [6.45, 7) is 6.35. The van der Waals surface area contributed by atoms with E-state index in [0.29, 0.717) is 22.2 Å². The molecular formula is C13H17Cl2NO. The number of nitrogens with zero attached hydrogens (tertiary/aromatic N) is 1. The fraction of sp³-hybridized carbons (Fsp3) is 0.462. The van der Waals surface area contributed by atoms with Gasteiger partial charge in [0.25, 0.3) is 0 Å². The minimum atomic E-state index is 0.0435. The van der Waals surface area contributed by atoms with Crippen molar-refractivity contribution in [3.8, 4) is 0 Å². The van der Waals surface area contributed by atoms with Crippen molar-refractivity contribution >= 4 is 29.0 Å². The Balaban J connectivity index is 2.75. The average molecular weight is 274 g/mol. The normalized spacial score (nSPS) is 10.9. The molecule has 94 valence electrons. The van der Waals surface area contributed by atoms with E-state index in [4.69, 9.17) is 23.2 Å². The molecule has 0 saturated carbocycles. The molecule has 2 nitrogen and oxygen atoms in total. The third-order valence-corrected chi connectivity index (χ3v) is 3.13. The number of carbonyl (C=O) groups is 1. The molecule has 1 aromatic rings. The number of ketones is 1. The van der Waals surface area contributed by atoms with Crippen LogP contribution in [0.5, 0.6) is 0 Å². The van der Waals surface area contributed by atoms with Gasteiger partial charge in [-0.3, -0.25) is 9.69 Å². The third-order valence-electron chi connectivity index (χ3n) is 2.59. The minimum absolute atomic E-state index is 0.0435. The standard InChI is InChI=1S/C13H17Cl2NO/c1-3-7-16(4-2)9-13(17)11-6-5-10(14)8-12(11)15/h5-6,8H,3-4,7,9H2,1-2H3. The highest BCUT2D eigenvalue weighted by Gasteiger charge is 2.13. The Hall–Kier alpha value is -0.570. The summed E-state index contributed by atoms with van der Waals surface area (Å²) in [4.78, 5) is 14.2. The van der Waals surface area contributed by atoms with E-state index in [-0.39, 0.29) is 5.78 Å². The number of hydrogen-bond donors (Lipinski definition) is 0. The highest BCUT2D eigenvalue weighted by Crippen LogP contribution is 2.21. The molecule has 1 rings (SSSR count). The van der Waals surface area contributed by atoms with E-state index in [9.17, 15) is 4.79 Å². The van der Waals surface area contributed by atoms with E-state index in [1.807, 2.05) is 6.92 Å². The van der Waals surface area contributed by atoms with Crippen molar-refractivity contribution in [1.82, 2.24) is 4.90 Å². The number of likely N-dealkylation sites (N-methyl/N-ethyl adjacent to an activating group) is 1. The van der Waals surface area contributed by atoms with Crippen molar-refractivity contribution < 1.29 is 4.79 Å². The molecule has 0 unspecified atom stereocenters. The summed E-state index contributed by atoms with van der Waals surface area (Å²) in [5, 5.41) is 0.975. The van der Waals surface area contributed by atoms with Gasteiger partial charge in [-0.2, -0.15) is 0 Å². The van der Waals surface area contributed by atoms with Gasteiger partial charge < -0.3 is 0 Å². The van der Waals surface area contributed by atoms with Gasteiger partial charge in [0.05, 0.1) is 11.6 Å². The van der Waals surface area contributed by atoms with E-state index in [0.717, 1.165) is 19.5 Å². The predicted molar refractivity (Wildman–Crippen MR) is 73.2 cm³/mol. The van der Waals surface area contributed by atoms with E-state index >= 15 is 0 Å². The second-order valence-electron chi connectivity index (χ2n) is 3.92. The maximum Gasteiger partial charge on any atom is 0.178 e. The molecule has 0 bridgehead atoms. The second kappa shape index (κ2) is 7.00. The Morgan fingerprint density at radius 3 is 2.53 bits per heavy atom. The summed E-state index contributed by atoms with van der Waals surface area (Å²) < 4.78 is 0. The minimum Gasteiger partial charge on any atom is -0.296 e. The SMILES string of the molecule is CCCN(CC)CC(=O)c1ccc(Cl)cc1Cl. The Labute approximate surface area is 113 Å². The zero-order valence-corrected chi connectivity index (χ0v) is 11.7. The summed E-state index contributed by atoms with van der Waals surface area (Å²) in [7, 11) is 0. The Morgan fingerprint density at radius 2 is 2.00 bits per heavy atom. The third kappa shape index (κ3) is 4.30. The summed E-state index contributed by atoms with van der Waals surface area (Å²) in [5.41, 5.74) is 0.547. The van der Waals surface area contributed by atoms with Gasteiger partial charge >= 0.3 is 0 Å². The summed E-state index contributed by atoms with van der Waals surface area (Å²) in [6, 6.07) is 4.98. The zero-order chi connectivity index (χ0) is 12.8. The number of carbonyl (C=O) groups excluding carboxylic acids is 1. The van der Waals surface area contributed by atoms with Crippen LogP contribution in [-0.4, -0.2) is 30.3 Å². The van der Waals surface area contributed by atoms with Crippen molar-refractivity contribution in [2.75, 3.05) is 19.6 Å². The highest BCUT2D eigenvalue weighted by atomic mass is 35.5. The number of hydrogen-bond acceptors (Lipinski definition) is 2. The monoisotopic (exact) mass is 273 g/mol. The molecule has 0 amide bonds. The largest absolute Gasteiger partial charge is 0.296 e. The van der Waals surface area contributed by atoms with Crippen molar-refractivity contribution in [3.63, 3.8) is 0 Å². The van der Waals surface area contributed by atoms with Crippen LogP contribution in [0.4, 0.5) is 0 Å². The highest BCUT2D eigenvalue weighted by molar-refractivity contribution is 6.36. The predicted octanol–water partition coefficient (Wildman–Crippen LogP) is 3.91. The lowest BCUT2D eigenvalue weighted by molar-refractivity contribution is 0.0934. The fourth-order valence-corrected chi connectivity index (χ4v) is 2.18. The molecule has 1 aromatic carbocycles. The van der Waals surface area contributed by atoms with Gasteiger partial charge in [0.15, 0.2) is 5.78 Å². The van der Waals surface area contributed by atoms with E-state index in [2.05, 4.69) is 11.8 Å². The van der Waals surface area contributed by atoms with Gasteiger partial charge in [-0.25, -0.2) is 0 Å². The van der Waals surface area contributed by atoms with Gasteiger partial charge in [0.1, 0.15) is 0 Å². The van der Waals surface area contributed by atoms with Crippen molar-refractivity contribution in [1.29, 1.82) is 0 Å². The van der Waals surface area contributed by atoms with E-state index < -0.39 is 0 Å². The Kier molecular flexibility index (Phi) is 5.96. The molecule has 0 aliphatic carbocycles. The molecule has 0 atom stereocenters. The Bertz CT molecular complexity index is 393. The maximum atomic E-state index is 12.1. The van der Waals surface area contributed by atoms with Crippen LogP contribution in [0.2, 0.25) is 10.0 Å². The summed E-state index contributed by atoms with van der Waals surface area (Å²) in [6.07, 6.45) is 1.04. The smallest absolute Gasteiger partial charge is 0.178 e. The lowest BCUT2D eigenvalue weighted by atomic mass is 10.1. The van der Waals surface area contributed by atoms with Crippen LogP contribution in [0, 0.1) is 0 Å². The van der Waals surface area contributed by atoms with Crippen molar-refractivity contribution in [2.24, 2.45) is 0 Å². The first-order chi connectivity index (χ1) is 8.08. The first-order valence-electron chi connectivity index (χ1n) is 5.79. The van der Waals surface area contributed by atoms with Gasteiger partial charge in [-0.1, -0.05) is 37.0 Å². The van der Waals surface area contributed by atoms with E-state index in [1.54, 1.807) is 18.2 Å². The number of Topliss-reactive ketones (excluding diaryl/α,β-unsaturated/α-hetero) is 1. The van der Waals surface area contributed by atoms with Crippen LogP contribution >= 0.6 is 23.2 Å². The summed E-state index contributed by atoms with van der Waals surface area (Å²) in [5.74, 6) is 0.0435. The summed E-state index contributed by atoms with van der Waals surface area (Å²) >= 11 is 11.8. The van der Waals surface area contributed by atoms with Gasteiger partial charge in [-0.15, -0.1) is 0 Å². The van der Waals surface area contributed by atoms with Crippen molar-refractivity contribution in [2.45, 2.75) is 20.3 Å². The van der Waals surface area contributed by atoms with Crippen LogP contribution in [0.3, 0.4) is 0 Å². The van der Waals surface area contributed by atoms with Crippen molar-refractivity contribution in [3.05, 3.63) is 33.8 Å². The average Bonchev–Trinajstić information content (AvgIpc) is 2.28. The number of rotatable bonds is 6. The molecule has 0 saturated heterocycles. The quantitative estimate of drug-likeness (QED) is 0.733. The topological polar surface area (TPSA) is 20.3 Å². The van der Waals surface area contributed by atoms with Crippen LogP contribution in [0.25, 0.3) is 0 Å². The van der Waals surface area contributed by atoms with E-state index in [1.165, 1.54) is 0 Å². The molecule has 17 heavy (non-hydrogen) atoms. The second-order valence-corrected chi connectivity index (χ2v) is 4.76. The molecular weight excluding hydrogens is 257 g/mol. The maximum absolute atomic E-state index is 12.1. The molecule has 4 heteroatoms. The molecule has 0 aliphatic heterocycles. The lowest BCUT2D eigenvalue weighted by Gasteiger charge is -2.18. The van der Waals surface area contributed by atoms with Crippen LogP contribution in [0.1, 0.15) is 30.6 Å². The molecule has 0 N–H and O–H groups in total. The van der Waals surface area contributed by atoms with Crippen LogP contribution < -0.4 is 0 Å². The number of halogens is 2. The molecule has 0 radical (unpaired) electrons. The lowest BCUT2D eigenvalue weighted by Crippen LogP contribution is -2.30. The first-order valence-corrected chi connectivity index (χ1v) is 6.54. The molecule has 0 aromatic heterocycles. The van der Waals surface area contributed by atoms with Gasteiger partial charge in [0.2, 0.25) is 0 Å². The molecule has 0 spiro atoms. The number of benzene rings is 1. The molecule has 0 heterocycles. The van der Waals surface area contributed by atoms with Gasteiger partial charge in [-0.05, 0) is 37.7 Å². The molecule has 0 fully saturated rings. The zero-order valence-electron chi connectivity index (χ0n) is 10.2. The van der Waals surface area contributed by atoms with Crippen LogP contribution in [0.15, 0.2) is 18.2 Å². The Morgan fingerprint density at radius 1 is 1.29 bits per heavy atom.